The van der Waals surface area contributed by atoms with Crippen LogP contribution < -0.4 is 5.32 Å². The largest absolute Gasteiger partial charge is 0.483 e. The van der Waals surface area contributed by atoms with Gasteiger partial charge in [-0.05, 0) is 48.9 Å². The Morgan fingerprint density at radius 2 is 1.81 bits per heavy atom. The predicted octanol–water partition coefficient (Wildman–Crippen LogP) is 3.62. The Balaban J connectivity index is 0.000000913. The molecule has 2 heterocycles. The highest BCUT2D eigenvalue weighted by Gasteiger charge is 2.52. The van der Waals surface area contributed by atoms with E-state index in [-0.39, 0.29) is 23.7 Å². The highest BCUT2D eigenvalue weighted by molar-refractivity contribution is 5.74. The number of benzene rings is 2. The van der Waals surface area contributed by atoms with E-state index in [4.69, 9.17) is 9.90 Å². The van der Waals surface area contributed by atoms with Gasteiger partial charge in [0.1, 0.15) is 5.82 Å². The van der Waals surface area contributed by atoms with Gasteiger partial charge in [0.15, 0.2) is 0 Å². The first-order valence-electron chi connectivity index (χ1n) is 11.1. The van der Waals surface area contributed by atoms with E-state index in [1.807, 2.05) is 24.0 Å². The molecule has 2 aromatic rings. The molecule has 2 unspecified atom stereocenters. The number of fused-ring (bicyclic) bond motifs is 1. The van der Waals surface area contributed by atoms with Gasteiger partial charge in [-0.25, -0.2) is 9.18 Å². The first-order valence-corrected chi connectivity index (χ1v) is 11.1. The maximum atomic E-state index is 13.2. The smallest absolute Gasteiger partial charge is 0.317 e. The highest BCUT2D eigenvalue weighted by atomic mass is 19.1. The minimum Gasteiger partial charge on any atom is -0.483 e. The van der Waals surface area contributed by atoms with Gasteiger partial charge in [0.05, 0.1) is 0 Å². The van der Waals surface area contributed by atoms with E-state index in [1.54, 1.807) is 0 Å². The normalized spacial score (nSPS) is 22.1. The van der Waals surface area contributed by atoms with Crippen LogP contribution in [-0.2, 0) is 17.8 Å². The van der Waals surface area contributed by atoms with Crippen LogP contribution in [0.3, 0.4) is 0 Å². The number of nitrogens with one attached hydrogen (secondary N) is 1. The van der Waals surface area contributed by atoms with Crippen LogP contribution in [0.2, 0.25) is 0 Å². The van der Waals surface area contributed by atoms with Crippen molar-refractivity contribution in [3.8, 4) is 0 Å². The molecule has 2 atom stereocenters. The molecule has 0 bridgehead atoms. The summed E-state index contributed by atoms with van der Waals surface area (Å²) in [6, 6.07) is 17.5. The number of amides is 2. The zero-order chi connectivity index (χ0) is 23.0. The lowest BCUT2D eigenvalue weighted by atomic mass is 9.76. The summed E-state index contributed by atoms with van der Waals surface area (Å²) in [6.07, 6.45) is 2.11. The monoisotopic (exact) mass is 441 g/mol. The summed E-state index contributed by atoms with van der Waals surface area (Å²) in [5, 5.41) is 9.85. The van der Waals surface area contributed by atoms with Crippen LogP contribution in [0.5, 0.6) is 0 Å². The summed E-state index contributed by atoms with van der Waals surface area (Å²) < 4.78 is 13.2. The molecule has 172 valence electrons. The standard InChI is InChI=1S/C24H30FN3O.CH2O2/c1-2-26-23(29)28-16-21-15-27(14-20-8-10-22(25)11-9-20)17-24(21,18-28)13-12-19-6-4-3-5-7-19;2-1-3/h3-11,21H,2,12-18H2,1H3,(H,26,29);1H,(H,2,3). The summed E-state index contributed by atoms with van der Waals surface area (Å²) in [4.78, 5) is 25.3. The highest BCUT2D eigenvalue weighted by Crippen LogP contribution is 2.46. The van der Waals surface area contributed by atoms with Crippen LogP contribution >= 0.6 is 0 Å². The Bertz CT molecular complexity index is 878. The molecule has 32 heavy (non-hydrogen) atoms. The fraction of sp³-hybridized carbons (Fsp3) is 0.440. The molecule has 0 spiro atoms. The molecule has 0 radical (unpaired) electrons. The zero-order valence-corrected chi connectivity index (χ0v) is 18.5. The van der Waals surface area contributed by atoms with Gasteiger partial charge in [0.2, 0.25) is 0 Å². The molecule has 2 fully saturated rings. The summed E-state index contributed by atoms with van der Waals surface area (Å²) in [7, 11) is 0. The third-order valence-corrected chi connectivity index (χ3v) is 6.52. The first-order chi connectivity index (χ1) is 15.5. The van der Waals surface area contributed by atoms with Gasteiger partial charge < -0.3 is 15.3 Å². The van der Waals surface area contributed by atoms with Crippen molar-refractivity contribution in [2.45, 2.75) is 26.3 Å². The second kappa shape index (κ2) is 11.1. The number of hydrogen-bond donors (Lipinski definition) is 2. The Hall–Kier alpha value is -2.93. The molecule has 0 saturated carbocycles. The second-order valence-electron chi connectivity index (χ2n) is 8.66. The van der Waals surface area contributed by atoms with Crippen LogP contribution in [0.1, 0.15) is 24.5 Å². The van der Waals surface area contributed by atoms with Gasteiger partial charge in [0, 0.05) is 44.7 Å². The topological polar surface area (TPSA) is 72.9 Å². The van der Waals surface area contributed by atoms with Crippen molar-refractivity contribution >= 4 is 12.5 Å². The number of carbonyl (C=O) groups excluding carboxylic acids is 1. The van der Waals surface area contributed by atoms with Crippen LogP contribution in [0, 0.1) is 17.2 Å². The number of rotatable bonds is 6. The summed E-state index contributed by atoms with van der Waals surface area (Å²) >= 11 is 0. The average Bonchev–Trinajstić information content (AvgIpc) is 3.29. The van der Waals surface area contributed by atoms with E-state index in [0.717, 1.165) is 51.1 Å². The van der Waals surface area contributed by atoms with E-state index >= 15 is 0 Å². The SMILES string of the molecule is CCNC(=O)N1CC2CN(Cc3ccc(F)cc3)CC2(CCc2ccccc2)C1.O=CO. The second-order valence-corrected chi connectivity index (χ2v) is 8.66. The van der Waals surface area contributed by atoms with Gasteiger partial charge in [-0.15, -0.1) is 0 Å². The number of carboxylic acid groups (broad SMARTS) is 1. The quantitative estimate of drug-likeness (QED) is 0.672. The molecule has 6 nitrogen and oxygen atoms in total. The number of likely N-dealkylation sites (tertiary alicyclic amines) is 2. The van der Waals surface area contributed by atoms with Crippen LogP contribution in [0.25, 0.3) is 0 Å². The molecule has 0 aromatic heterocycles. The molecule has 0 aliphatic carbocycles. The van der Waals surface area contributed by atoms with Crippen molar-refractivity contribution in [3.05, 3.63) is 71.5 Å². The fourth-order valence-corrected chi connectivity index (χ4v) is 5.07. The molecular formula is C25H32FN3O3. The Labute approximate surface area is 189 Å². The summed E-state index contributed by atoms with van der Waals surface area (Å²) in [6.45, 7) is 6.82. The fourth-order valence-electron chi connectivity index (χ4n) is 5.07. The number of hydrogen-bond acceptors (Lipinski definition) is 3. The zero-order valence-electron chi connectivity index (χ0n) is 18.5. The summed E-state index contributed by atoms with van der Waals surface area (Å²) in [5.74, 6) is 0.290. The Kier molecular flexibility index (Phi) is 8.22. The van der Waals surface area contributed by atoms with Crippen molar-refractivity contribution in [2.24, 2.45) is 11.3 Å². The predicted molar refractivity (Wildman–Crippen MR) is 122 cm³/mol. The minimum absolute atomic E-state index is 0.0612. The van der Waals surface area contributed by atoms with Crippen molar-refractivity contribution in [3.63, 3.8) is 0 Å². The van der Waals surface area contributed by atoms with Crippen LogP contribution in [0.15, 0.2) is 54.6 Å². The van der Waals surface area contributed by atoms with Crippen molar-refractivity contribution in [1.82, 2.24) is 15.1 Å². The van der Waals surface area contributed by atoms with E-state index in [9.17, 15) is 9.18 Å². The van der Waals surface area contributed by atoms with E-state index in [2.05, 4.69) is 40.5 Å². The van der Waals surface area contributed by atoms with Gasteiger partial charge >= 0.3 is 6.03 Å². The summed E-state index contributed by atoms with van der Waals surface area (Å²) in [5.41, 5.74) is 2.63. The molecule has 2 amide bonds. The van der Waals surface area contributed by atoms with Crippen LogP contribution in [-0.4, -0.2) is 60.1 Å². The maximum absolute atomic E-state index is 13.2. The third-order valence-electron chi connectivity index (χ3n) is 6.52. The van der Waals surface area contributed by atoms with Crippen molar-refractivity contribution < 1.29 is 19.1 Å². The average molecular weight is 442 g/mol. The first kappa shape index (κ1) is 23.7. The lowest BCUT2D eigenvalue weighted by molar-refractivity contribution is -0.122. The van der Waals surface area contributed by atoms with E-state index in [0.29, 0.717) is 12.5 Å². The number of nitrogens with zero attached hydrogens (tertiary/aromatic N) is 2. The van der Waals surface area contributed by atoms with Crippen LogP contribution in [0.4, 0.5) is 9.18 Å². The van der Waals surface area contributed by atoms with Gasteiger partial charge in [0.25, 0.3) is 6.47 Å². The molecule has 2 aliphatic rings. The van der Waals surface area contributed by atoms with Crippen molar-refractivity contribution in [2.75, 3.05) is 32.7 Å². The maximum Gasteiger partial charge on any atom is 0.317 e. The molecule has 4 rings (SSSR count). The molecule has 2 aromatic carbocycles. The molecule has 7 heteroatoms. The number of carbonyl (C=O) groups is 2. The minimum atomic E-state index is -0.250. The van der Waals surface area contributed by atoms with Gasteiger partial charge in [-0.3, -0.25) is 9.69 Å². The lowest BCUT2D eigenvalue weighted by Gasteiger charge is -2.30. The molecule has 2 N–H and O–H groups in total. The number of urea groups is 1. The lowest BCUT2D eigenvalue weighted by Crippen LogP contribution is -2.42. The number of halogens is 1. The van der Waals surface area contributed by atoms with Gasteiger partial charge in [-0.2, -0.15) is 0 Å². The van der Waals surface area contributed by atoms with E-state index < -0.39 is 0 Å². The molecule has 2 aliphatic heterocycles. The molecular weight excluding hydrogens is 409 g/mol. The molecule has 2 saturated heterocycles. The number of aryl methyl sites for hydroxylation is 1. The van der Waals surface area contributed by atoms with Crippen molar-refractivity contribution in [1.29, 1.82) is 0 Å². The Morgan fingerprint density at radius 1 is 1.12 bits per heavy atom. The van der Waals surface area contributed by atoms with Gasteiger partial charge in [-0.1, -0.05) is 42.5 Å². The van der Waals surface area contributed by atoms with E-state index in [1.165, 1.54) is 17.7 Å². The third kappa shape index (κ3) is 5.85. The Morgan fingerprint density at radius 3 is 2.47 bits per heavy atom.